The molecule has 3 aromatic rings. The van der Waals surface area contributed by atoms with E-state index in [2.05, 4.69) is 38.7 Å². The van der Waals surface area contributed by atoms with E-state index in [4.69, 9.17) is 15.2 Å². The Bertz CT molecular complexity index is 1270. The second-order valence-corrected chi connectivity index (χ2v) is 10.5. The Balaban J connectivity index is 1.17. The first-order chi connectivity index (χ1) is 16.5. The molecule has 8 nitrogen and oxygen atoms in total. The molecule has 34 heavy (non-hydrogen) atoms. The van der Waals surface area contributed by atoms with Crippen molar-refractivity contribution in [3.63, 3.8) is 0 Å². The fourth-order valence-electron chi connectivity index (χ4n) is 5.30. The highest BCUT2D eigenvalue weighted by atomic mass is 32.1. The first-order valence-electron chi connectivity index (χ1n) is 11.8. The number of amides is 1. The Morgan fingerprint density at radius 3 is 3.03 bits per heavy atom. The predicted octanol–water partition coefficient (Wildman–Crippen LogP) is 2.41. The number of aromatic nitrogens is 1. The summed E-state index contributed by atoms with van der Waals surface area (Å²) in [4.78, 5) is 21.4. The third-order valence-electron chi connectivity index (χ3n) is 6.97. The van der Waals surface area contributed by atoms with E-state index in [0.717, 1.165) is 65.4 Å². The number of carbonyl (C=O) groups excluding carboxylic acids is 1. The lowest BCUT2D eigenvalue weighted by molar-refractivity contribution is 0.0391. The molecule has 1 amide bonds. The molecular weight excluding hydrogens is 450 g/mol. The summed E-state index contributed by atoms with van der Waals surface area (Å²) in [5.41, 5.74) is 11.1. The molecule has 2 unspecified atom stereocenters. The molecule has 4 N–H and O–H groups in total. The van der Waals surface area contributed by atoms with Gasteiger partial charge in [-0.05, 0) is 43.5 Å². The number of nitrogens with two attached hydrogens (primary N) is 1. The summed E-state index contributed by atoms with van der Waals surface area (Å²) < 4.78 is 12.0. The van der Waals surface area contributed by atoms with Crippen molar-refractivity contribution in [2.24, 2.45) is 0 Å². The lowest BCUT2D eigenvalue weighted by Crippen LogP contribution is -2.49. The van der Waals surface area contributed by atoms with E-state index in [0.29, 0.717) is 23.2 Å². The number of hydrogen-bond acceptors (Lipinski definition) is 8. The number of morpholine rings is 1. The smallest absolute Gasteiger partial charge is 0.263 e. The molecule has 3 fully saturated rings. The minimum absolute atomic E-state index is 0.113. The second kappa shape index (κ2) is 8.41. The fraction of sp³-hybridized carbons (Fsp3) is 0.440. The van der Waals surface area contributed by atoms with E-state index >= 15 is 0 Å². The third-order valence-corrected chi connectivity index (χ3v) is 8.07. The normalized spacial score (nSPS) is 23.9. The van der Waals surface area contributed by atoms with Crippen LogP contribution in [0, 0.1) is 13.8 Å². The van der Waals surface area contributed by atoms with E-state index in [-0.39, 0.29) is 18.1 Å². The maximum absolute atomic E-state index is 13.1. The summed E-state index contributed by atoms with van der Waals surface area (Å²) in [7, 11) is 0. The predicted molar refractivity (Wildman–Crippen MR) is 134 cm³/mol. The van der Waals surface area contributed by atoms with Crippen molar-refractivity contribution in [2.75, 3.05) is 43.5 Å². The molecule has 0 radical (unpaired) electrons. The fourth-order valence-corrected chi connectivity index (χ4v) is 6.42. The van der Waals surface area contributed by atoms with Gasteiger partial charge in [0.2, 0.25) is 0 Å². The number of carbonyl (C=O) groups is 1. The lowest BCUT2D eigenvalue weighted by Gasteiger charge is -2.38. The average molecular weight is 480 g/mol. The van der Waals surface area contributed by atoms with Crippen molar-refractivity contribution >= 4 is 38.8 Å². The van der Waals surface area contributed by atoms with Crippen LogP contribution >= 0.6 is 11.3 Å². The van der Waals surface area contributed by atoms with Crippen molar-refractivity contribution < 1.29 is 14.3 Å². The van der Waals surface area contributed by atoms with Crippen molar-refractivity contribution in [2.45, 2.75) is 38.5 Å². The van der Waals surface area contributed by atoms with Crippen molar-refractivity contribution in [3.8, 4) is 5.75 Å². The Morgan fingerprint density at radius 1 is 1.26 bits per heavy atom. The first-order valence-corrected chi connectivity index (χ1v) is 12.6. The Kier molecular flexibility index (Phi) is 5.35. The summed E-state index contributed by atoms with van der Waals surface area (Å²) in [6.45, 7) is 7.85. The van der Waals surface area contributed by atoms with Crippen LogP contribution < -0.4 is 26.0 Å². The highest BCUT2D eigenvalue weighted by molar-refractivity contribution is 7.21. The lowest BCUT2D eigenvalue weighted by atomic mass is 10.0. The molecular formula is C25H29N5O3S. The first kappa shape index (κ1) is 21.6. The molecule has 2 aromatic heterocycles. The van der Waals surface area contributed by atoms with E-state index in [1.807, 2.05) is 19.9 Å². The molecule has 2 bridgehead atoms. The van der Waals surface area contributed by atoms with Gasteiger partial charge in [-0.15, -0.1) is 11.3 Å². The standard InChI is InChI=1S/C25H29N5O3S/c1-13-5-14(2)28-25-21(13)22(26)23(34-25)24(31)29-16-6-15-3-4-17(7-20(15)33-11-16)30-10-19-9-27-8-18(30)12-32-19/h3-5,7,16,18-19,27H,6,8-12,26H2,1-2H3,(H,29,31)/t16-,18?,19?/m1/s1. The third kappa shape index (κ3) is 3.77. The number of hydrogen-bond donors (Lipinski definition) is 3. The minimum atomic E-state index is -0.167. The van der Waals surface area contributed by atoms with E-state index in [1.165, 1.54) is 17.0 Å². The highest BCUT2D eigenvalue weighted by Gasteiger charge is 2.33. The number of pyridine rings is 1. The summed E-state index contributed by atoms with van der Waals surface area (Å²) in [5, 5.41) is 7.48. The molecule has 7 rings (SSSR count). The van der Waals surface area contributed by atoms with Crippen molar-refractivity contribution in [3.05, 3.63) is 46.0 Å². The number of nitrogen functional groups attached to an aromatic ring is 1. The Hall–Kier alpha value is -2.88. The molecule has 4 aliphatic rings. The van der Waals surface area contributed by atoms with Crippen LogP contribution in [0.1, 0.15) is 26.5 Å². The quantitative estimate of drug-likeness (QED) is 0.530. The summed E-state index contributed by atoms with van der Waals surface area (Å²) >= 11 is 1.35. The highest BCUT2D eigenvalue weighted by Crippen LogP contribution is 2.36. The summed E-state index contributed by atoms with van der Waals surface area (Å²) in [6.07, 6.45) is 0.943. The number of fused-ring (bicyclic) bond motifs is 6. The van der Waals surface area contributed by atoms with Crippen LogP contribution in [0.4, 0.5) is 11.4 Å². The van der Waals surface area contributed by atoms with Crippen LogP contribution in [0.2, 0.25) is 0 Å². The van der Waals surface area contributed by atoms with Gasteiger partial charge in [-0.2, -0.15) is 0 Å². The maximum atomic E-state index is 13.1. The molecule has 3 atom stereocenters. The number of aryl methyl sites for hydroxylation is 2. The van der Waals surface area contributed by atoms with E-state index < -0.39 is 0 Å². The molecule has 9 heteroatoms. The number of ether oxygens (including phenoxy) is 2. The molecule has 0 aliphatic carbocycles. The zero-order valence-electron chi connectivity index (χ0n) is 19.4. The number of rotatable bonds is 3. The van der Waals surface area contributed by atoms with Gasteiger partial charge in [0.25, 0.3) is 5.91 Å². The van der Waals surface area contributed by atoms with E-state index in [1.54, 1.807) is 0 Å². The van der Waals surface area contributed by atoms with Gasteiger partial charge < -0.3 is 30.7 Å². The zero-order valence-corrected chi connectivity index (χ0v) is 20.2. The number of benzene rings is 1. The van der Waals surface area contributed by atoms with Gasteiger partial charge in [0.1, 0.15) is 22.1 Å². The molecule has 1 aromatic carbocycles. The molecule has 3 saturated heterocycles. The van der Waals surface area contributed by atoms with Crippen LogP contribution in [-0.4, -0.2) is 61.9 Å². The molecule has 6 heterocycles. The number of anilines is 2. The van der Waals surface area contributed by atoms with Crippen LogP contribution in [0.25, 0.3) is 10.2 Å². The topological polar surface area (TPSA) is 102 Å². The molecule has 0 saturated carbocycles. The Labute approximate surface area is 202 Å². The average Bonchev–Trinajstić information content (AvgIpc) is 2.97. The minimum Gasteiger partial charge on any atom is -0.491 e. The van der Waals surface area contributed by atoms with E-state index in [9.17, 15) is 4.79 Å². The maximum Gasteiger partial charge on any atom is 0.263 e. The zero-order chi connectivity index (χ0) is 23.4. The molecule has 0 spiro atoms. The Morgan fingerprint density at radius 2 is 2.15 bits per heavy atom. The molecule has 4 aliphatic heterocycles. The summed E-state index contributed by atoms with van der Waals surface area (Å²) in [6, 6.07) is 8.63. The summed E-state index contributed by atoms with van der Waals surface area (Å²) in [5.74, 6) is 0.730. The van der Waals surface area contributed by atoms with Crippen LogP contribution in [0.3, 0.4) is 0 Å². The van der Waals surface area contributed by atoms with Crippen molar-refractivity contribution in [1.82, 2.24) is 15.6 Å². The number of nitrogens with one attached hydrogen (secondary N) is 2. The van der Waals surface area contributed by atoms with Crippen molar-refractivity contribution in [1.29, 1.82) is 0 Å². The van der Waals surface area contributed by atoms with Gasteiger partial charge in [-0.1, -0.05) is 6.07 Å². The second-order valence-electron chi connectivity index (χ2n) is 9.50. The number of nitrogens with zero attached hydrogens (tertiary/aromatic N) is 2. The van der Waals surface area contributed by atoms with Crippen LogP contribution in [0.5, 0.6) is 5.75 Å². The largest absolute Gasteiger partial charge is 0.491 e. The van der Waals surface area contributed by atoms with Crippen LogP contribution in [0.15, 0.2) is 24.3 Å². The van der Waals surface area contributed by atoms with Gasteiger partial charge in [-0.3, -0.25) is 4.79 Å². The van der Waals surface area contributed by atoms with Crippen LogP contribution in [-0.2, 0) is 11.2 Å². The molecule has 178 valence electrons. The SMILES string of the molecule is Cc1cc(C)c2c(N)c(C(=O)N[C@H]3COc4cc(N5CC6CNCC5CO6)ccc4C3)sc2n1. The van der Waals surface area contributed by atoms with Gasteiger partial charge in [-0.25, -0.2) is 4.98 Å². The number of thiophene rings is 1. The van der Waals surface area contributed by atoms with Gasteiger partial charge in [0.15, 0.2) is 0 Å². The van der Waals surface area contributed by atoms with Gasteiger partial charge in [0, 0.05) is 42.5 Å². The monoisotopic (exact) mass is 479 g/mol. The van der Waals surface area contributed by atoms with Gasteiger partial charge in [0.05, 0.1) is 30.5 Å². The van der Waals surface area contributed by atoms with Gasteiger partial charge >= 0.3 is 0 Å².